The highest BCUT2D eigenvalue weighted by molar-refractivity contribution is 9.11. The van der Waals surface area contributed by atoms with E-state index in [0.29, 0.717) is 6.61 Å². The fourth-order valence-corrected chi connectivity index (χ4v) is 2.10. The van der Waals surface area contributed by atoms with Crippen LogP contribution in [0.3, 0.4) is 0 Å². The van der Waals surface area contributed by atoms with E-state index in [0.717, 1.165) is 26.9 Å². The number of rotatable bonds is 3. The molecule has 0 aliphatic carbocycles. The van der Waals surface area contributed by atoms with Crippen molar-refractivity contribution in [1.29, 1.82) is 0 Å². The van der Waals surface area contributed by atoms with Crippen LogP contribution in [0.5, 0.6) is 5.75 Å². The van der Waals surface area contributed by atoms with Gasteiger partial charge in [-0.3, -0.25) is 0 Å². The van der Waals surface area contributed by atoms with E-state index in [1.807, 2.05) is 26.0 Å². The third-order valence-corrected chi connectivity index (χ3v) is 3.93. The Morgan fingerprint density at radius 3 is 2.60 bits per heavy atom. The lowest BCUT2D eigenvalue weighted by Crippen LogP contribution is -2.17. The van der Waals surface area contributed by atoms with E-state index in [9.17, 15) is 0 Å². The van der Waals surface area contributed by atoms with E-state index >= 15 is 0 Å². The molecule has 1 heterocycles. The Kier molecular flexibility index (Phi) is 3.10. The molecular weight excluding hydrogens is 324 g/mol. The van der Waals surface area contributed by atoms with E-state index in [4.69, 9.17) is 9.47 Å². The minimum absolute atomic E-state index is 0.0752. The zero-order chi connectivity index (χ0) is 11.1. The predicted octanol–water partition coefficient (Wildman–Crippen LogP) is 3.69. The second-order valence-electron chi connectivity index (χ2n) is 4.01. The summed E-state index contributed by atoms with van der Waals surface area (Å²) in [6.07, 6.45) is 0. The van der Waals surface area contributed by atoms with Crippen molar-refractivity contribution in [2.45, 2.75) is 19.4 Å². The van der Waals surface area contributed by atoms with E-state index < -0.39 is 0 Å². The second-order valence-corrected chi connectivity index (χ2v) is 5.72. The number of benzene rings is 1. The minimum Gasteiger partial charge on any atom is -0.489 e. The van der Waals surface area contributed by atoms with Crippen LogP contribution in [0.15, 0.2) is 21.1 Å². The SMILES string of the molecule is Cc1c(Br)ccc(Br)c1OCC1(C)CO1. The summed E-state index contributed by atoms with van der Waals surface area (Å²) in [5.74, 6) is 0.890. The largest absolute Gasteiger partial charge is 0.489 e. The van der Waals surface area contributed by atoms with Crippen molar-refractivity contribution in [3.8, 4) is 5.75 Å². The first-order valence-corrected chi connectivity index (χ1v) is 6.32. The molecule has 0 amide bonds. The van der Waals surface area contributed by atoms with E-state index in [1.54, 1.807) is 0 Å². The van der Waals surface area contributed by atoms with Crippen molar-refractivity contribution in [3.63, 3.8) is 0 Å². The minimum atomic E-state index is -0.0752. The zero-order valence-corrected chi connectivity index (χ0v) is 11.8. The third-order valence-electron chi connectivity index (χ3n) is 2.45. The lowest BCUT2D eigenvalue weighted by Gasteiger charge is -2.13. The Balaban J connectivity index is 2.16. The van der Waals surface area contributed by atoms with Gasteiger partial charge in [-0.05, 0) is 41.9 Å². The molecule has 0 aromatic heterocycles. The highest BCUT2D eigenvalue weighted by Gasteiger charge is 2.40. The van der Waals surface area contributed by atoms with Gasteiger partial charge in [0.15, 0.2) is 0 Å². The maximum Gasteiger partial charge on any atom is 0.137 e. The van der Waals surface area contributed by atoms with Gasteiger partial charge in [-0.25, -0.2) is 0 Å². The first-order chi connectivity index (χ1) is 7.02. The summed E-state index contributed by atoms with van der Waals surface area (Å²) in [5, 5.41) is 0. The van der Waals surface area contributed by atoms with Gasteiger partial charge in [-0.2, -0.15) is 0 Å². The Morgan fingerprint density at radius 1 is 1.40 bits per heavy atom. The Morgan fingerprint density at radius 2 is 2.00 bits per heavy atom. The predicted molar refractivity (Wildman–Crippen MR) is 66.4 cm³/mol. The molecule has 1 aromatic carbocycles. The average molecular weight is 336 g/mol. The van der Waals surface area contributed by atoms with Gasteiger partial charge in [0, 0.05) is 10.0 Å². The number of epoxide rings is 1. The Hall–Kier alpha value is -0.0600. The second kappa shape index (κ2) is 4.07. The molecule has 15 heavy (non-hydrogen) atoms. The number of halogens is 2. The van der Waals surface area contributed by atoms with Crippen LogP contribution < -0.4 is 4.74 Å². The molecule has 1 aromatic rings. The van der Waals surface area contributed by atoms with Crippen molar-refractivity contribution >= 4 is 31.9 Å². The summed E-state index contributed by atoms with van der Waals surface area (Å²) in [4.78, 5) is 0. The van der Waals surface area contributed by atoms with Gasteiger partial charge in [0.25, 0.3) is 0 Å². The van der Waals surface area contributed by atoms with Crippen LogP contribution in [-0.4, -0.2) is 18.8 Å². The highest BCUT2D eigenvalue weighted by atomic mass is 79.9. The summed E-state index contributed by atoms with van der Waals surface area (Å²) >= 11 is 6.97. The maximum atomic E-state index is 5.77. The van der Waals surface area contributed by atoms with Crippen LogP contribution in [0.25, 0.3) is 0 Å². The van der Waals surface area contributed by atoms with Gasteiger partial charge < -0.3 is 9.47 Å². The van der Waals surface area contributed by atoms with Gasteiger partial charge in [-0.1, -0.05) is 15.9 Å². The van der Waals surface area contributed by atoms with Crippen LogP contribution in [-0.2, 0) is 4.74 Å². The van der Waals surface area contributed by atoms with Gasteiger partial charge in [0.2, 0.25) is 0 Å². The van der Waals surface area contributed by atoms with Crippen LogP contribution in [0, 0.1) is 6.92 Å². The number of ether oxygens (including phenoxy) is 2. The van der Waals surface area contributed by atoms with Gasteiger partial charge >= 0.3 is 0 Å². The molecule has 1 unspecified atom stereocenters. The summed E-state index contributed by atoms with van der Waals surface area (Å²) in [7, 11) is 0. The van der Waals surface area contributed by atoms with E-state index in [1.165, 1.54) is 0 Å². The standard InChI is InChI=1S/C11H12Br2O2/c1-7-8(12)3-4-9(13)10(7)14-5-11(2)6-15-11/h3-4H,5-6H2,1-2H3. The van der Waals surface area contributed by atoms with E-state index in [2.05, 4.69) is 31.9 Å². The molecule has 1 aliphatic rings. The smallest absolute Gasteiger partial charge is 0.137 e. The molecule has 0 saturated carbocycles. The lowest BCUT2D eigenvalue weighted by atomic mass is 10.2. The molecule has 4 heteroatoms. The molecule has 82 valence electrons. The normalized spacial score (nSPS) is 24.0. The van der Waals surface area contributed by atoms with Crippen molar-refractivity contribution in [2.75, 3.05) is 13.2 Å². The summed E-state index contributed by atoms with van der Waals surface area (Å²) < 4.78 is 13.1. The first kappa shape index (κ1) is 11.4. The molecule has 0 radical (unpaired) electrons. The molecule has 2 nitrogen and oxygen atoms in total. The van der Waals surface area contributed by atoms with Gasteiger partial charge in [-0.15, -0.1) is 0 Å². The van der Waals surface area contributed by atoms with Crippen molar-refractivity contribution < 1.29 is 9.47 Å². The van der Waals surface area contributed by atoms with Gasteiger partial charge in [0.1, 0.15) is 18.0 Å². The van der Waals surface area contributed by atoms with Crippen LogP contribution in [0.2, 0.25) is 0 Å². The topological polar surface area (TPSA) is 21.8 Å². The van der Waals surface area contributed by atoms with Crippen LogP contribution in [0.4, 0.5) is 0 Å². The molecule has 1 aliphatic heterocycles. The Labute approximate surface area is 106 Å². The summed E-state index contributed by atoms with van der Waals surface area (Å²) in [6, 6.07) is 3.98. The molecule has 0 spiro atoms. The highest BCUT2D eigenvalue weighted by Crippen LogP contribution is 2.35. The monoisotopic (exact) mass is 334 g/mol. The fraction of sp³-hybridized carbons (Fsp3) is 0.455. The molecule has 1 fully saturated rings. The average Bonchev–Trinajstić information content (AvgIpc) is 2.91. The molecule has 2 rings (SSSR count). The fourth-order valence-electron chi connectivity index (χ4n) is 1.24. The van der Waals surface area contributed by atoms with Crippen LogP contribution >= 0.6 is 31.9 Å². The third kappa shape index (κ3) is 2.55. The number of hydrogen-bond donors (Lipinski definition) is 0. The first-order valence-electron chi connectivity index (χ1n) is 4.73. The summed E-state index contributed by atoms with van der Waals surface area (Å²) in [5.41, 5.74) is 1.03. The number of hydrogen-bond acceptors (Lipinski definition) is 2. The molecule has 1 saturated heterocycles. The molecule has 0 bridgehead atoms. The van der Waals surface area contributed by atoms with Crippen molar-refractivity contribution in [1.82, 2.24) is 0 Å². The zero-order valence-electron chi connectivity index (χ0n) is 8.64. The molecule has 0 N–H and O–H groups in total. The van der Waals surface area contributed by atoms with Crippen LogP contribution in [0.1, 0.15) is 12.5 Å². The maximum absolute atomic E-state index is 5.77. The summed E-state index contributed by atoms with van der Waals surface area (Å²) in [6.45, 7) is 5.47. The van der Waals surface area contributed by atoms with Crippen molar-refractivity contribution in [2.24, 2.45) is 0 Å². The van der Waals surface area contributed by atoms with E-state index in [-0.39, 0.29) is 5.60 Å². The van der Waals surface area contributed by atoms with Gasteiger partial charge in [0.05, 0.1) is 11.1 Å². The van der Waals surface area contributed by atoms with Crippen molar-refractivity contribution in [3.05, 3.63) is 26.6 Å². The molecular formula is C11H12Br2O2. The molecule has 1 atom stereocenters. The lowest BCUT2D eigenvalue weighted by molar-refractivity contribution is 0.201. The quantitative estimate of drug-likeness (QED) is 0.786. The Bertz CT molecular complexity index is 386.